The van der Waals surface area contributed by atoms with Crippen molar-refractivity contribution >= 4 is 16.7 Å². The van der Waals surface area contributed by atoms with Crippen LogP contribution < -0.4 is 18.9 Å². The maximum atomic E-state index is 12.2. The maximum Gasteiger partial charge on any atom is 0.338 e. The third-order valence-corrected chi connectivity index (χ3v) is 4.98. The Balaban J connectivity index is 1.90. The van der Waals surface area contributed by atoms with Gasteiger partial charge in [-0.25, -0.2) is 4.79 Å². The van der Waals surface area contributed by atoms with Gasteiger partial charge in [0, 0.05) is 16.5 Å². The molecule has 0 aliphatic carbocycles. The van der Waals surface area contributed by atoms with Crippen molar-refractivity contribution in [3.8, 4) is 34.1 Å². The summed E-state index contributed by atoms with van der Waals surface area (Å²) >= 11 is 0. The zero-order valence-electron chi connectivity index (χ0n) is 14.8. The highest BCUT2D eigenvalue weighted by Gasteiger charge is 2.29. The summed E-state index contributed by atoms with van der Waals surface area (Å²) in [5.74, 6) is 2.29. The van der Waals surface area contributed by atoms with Gasteiger partial charge in [0.15, 0.2) is 23.0 Å². The Hall–Kier alpha value is -3.41. The van der Waals surface area contributed by atoms with Crippen LogP contribution in [0.1, 0.15) is 15.9 Å². The summed E-state index contributed by atoms with van der Waals surface area (Å²) in [6.07, 6.45) is 0. The minimum Gasteiger partial charge on any atom is -0.493 e. The highest BCUT2D eigenvalue weighted by atomic mass is 16.7. The van der Waals surface area contributed by atoms with E-state index in [1.54, 1.807) is 14.2 Å². The average molecular weight is 364 g/mol. The molecule has 0 saturated heterocycles. The van der Waals surface area contributed by atoms with E-state index in [9.17, 15) is 4.79 Å². The molecule has 136 valence electrons. The smallest absolute Gasteiger partial charge is 0.338 e. The van der Waals surface area contributed by atoms with Crippen LogP contribution in [0.5, 0.6) is 23.0 Å². The van der Waals surface area contributed by atoms with Crippen LogP contribution in [0, 0.1) is 0 Å². The second-order valence-corrected chi connectivity index (χ2v) is 6.32. The van der Waals surface area contributed by atoms with Crippen LogP contribution in [-0.4, -0.2) is 27.0 Å². The fourth-order valence-corrected chi connectivity index (χ4v) is 3.77. The molecule has 0 aromatic heterocycles. The number of ether oxygens (including phenoxy) is 5. The molecule has 0 saturated carbocycles. The molecule has 0 N–H and O–H groups in total. The van der Waals surface area contributed by atoms with Gasteiger partial charge in [0.2, 0.25) is 6.79 Å². The Kier molecular flexibility index (Phi) is 3.40. The Labute approximate surface area is 155 Å². The fraction of sp³-hybridized carbons (Fsp3) is 0.190. The Morgan fingerprint density at radius 2 is 1.78 bits per heavy atom. The number of hydrogen-bond acceptors (Lipinski definition) is 6. The second kappa shape index (κ2) is 5.81. The van der Waals surface area contributed by atoms with Crippen molar-refractivity contribution in [3.05, 3.63) is 47.5 Å². The molecule has 0 fully saturated rings. The van der Waals surface area contributed by atoms with Crippen molar-refractivity contribution in [3.63, 3.8) is 0 Å². The first kappa shape index (κ1) is 15.8. The molecule has 0 amide bonds. The topological polar surface area (TPSA) is 63.2 Å². The SMILES string of the molecule is COc1ccc2cc3c(c(-c4ccc5c(c4)OCO5)c2c1OC)COC3=O. The van der Waals surface area contributed by atoms with Crippen molar-refractivity contribution in [1.82, 2.24) is 0 Å². The van der Waals surface area contributed by atoms with E-state index in [-0.39, 0.29) is 19.4 Å². The molecule has 3 aromatic rings. The number of fused-ring (bicyclic) bond motifs is 3. The molecule has 2 aliphatic heterocycles. The van der Waals surface area contributed by atoms with Crippen LogP contribution in [0.3, 0.4) is 0 Å². The first-order valence-corrected chi connectivity index (χ1v) is 8.49. The Morgan fingerprint density at radius 1 is 0.926 bits per heavy atom. The van der Waals surface area contributed by atoms with Crippen molar-refractivity contribution in [1.29, 1.82) is 0 Å². The monoisotopic (exact) mass is 364 g/mol. The van der Waals surface area contributed by atoms with Crippen molar-refractivity contribution in [2.75, 3.05) is 21.0 Å². The Morgan fingerprint density at radius 3 is 2.59 bits per heavy atom. The number of esters is 1. The van der Waals surface area contributed by atoms with E-state index in [0.29, 0.717) is 28.6 Å². The summed E-state index contributed by atoms with van der Waals surface area (Å²) in [4.78, 5) is 12.2. The van der Waals surface area contributed by atoms with E-state index >= 15 is 0 Å². The Bertz CT molecular complexity index is 1100. The highest BCUT2D eigenvalue weighted by molar-refractivity contribution is 6.10. The third-order valence-electron chi connectivity index (χ3n) is 4.98. The number of benzene rings is 3. The standard InChI is InChI=1S/C21H16O6/c1-23-16-6-4-11-7-13-14(9-25-21(13)22)18(19(11)20(16)24-2)12-3-5-15-17(8-12)27-10-26-15/h3-8H,9-10H2,1-2H3. The molecule has 6 heteroatoms. The lowest BCUT2D eigenvalue weighted by Crippen LogP contribution is -1.98. The molecule has 27 heavy (non-hydrogen) atoms. The maximum absolute atomic E-state index is 12.2. The predicted molar refractivity (Wildman–Crippen MR) is 97.7 cm³/mol. The first-order valence-electron chi connectivity index (χ1n) is 8.49. The van der Waals surface area contributed by atoms with Crippen LogP contribution in [-0.2, 0) is 11.3 Å². The highest BCUT2D eigenvalue weighted by Crippen LogP contribution is 2.47. The van der Waals surface area contributed by atoms with E-state index in [0.717, 1.165) is 27.5 Å². The van der Waals surface area contributed by atoms with E-state index < -0.39 is 0 Å². The number of rotatable bonds is 3. The lowest BCUT2D eigenvalue weighted by molar-refractivity contribution is 0.0535. The predicted octanol–water partition coefficient (Wildman–Crippen LogP) is 3.92. The van der Waals surface area contributed by atoms with Gasteiger partial charge in [0.25, 0.3) is 0 Å². The van der Waals surface area contributed by atoms with Crippen molar-refractivity contribution in [2.24, 2.45) is 0 Å². The van der Waals surface area contributed by atoms with Crippen molar-refractivity contribution < 1.29 is 28.5 Å². The lowest BCUT2D eigenvalue weighted by Gasteiger charge is -2.17. The normalized spacial score (nSPS) is 14.2. The number of cyclic esters (lactones) is 1. The molecule has 6 nitrogen and oxygen atoms in total. The molecule has 0 atom stereocenters. The summed E-state index contributed by atoms with van der Waals surface area (Å²) < 4.78 is 27.4. The molecule has 0 spiro atoms. The number of hydrogen-bond donors (Lipinski definition) is 0. The van der Waals surface area contributed by atoms with E-state index in [2.05, 4.69) is 0 Å². The lowest BCUT2D eigenvalue weighted by atomic mass is 9.90. The minimum atomic E-state index is -0.316. The summed E-state index contributed by atoms with van der Waals surface area (Å²) in [5.41, 5.74) is 3.17. The van der Waals surface area contributed by atoms with Crippen molar-refractivity contribution in [2.45, 2.75) is 6.61 Å². The summed E-state index contributed by atoms with van der Waals surface area (Å²) in [6.45, 7) is 0.416. The fourth-order valence-electron chi connectivity index (χ4n) is 3.77. The molecule has 2 heterocycles. The summed E-state index contributed by atoms with van der Waals surface area (Å²) in [6, 6.07) is 11.3. The zero-order valence-corrected chi connectivity index (χ0v) is 14.8. The van der Waals surface area contributed by atoms with Gasteiger partial charge in [-0.2, -0.15) is 0 Å². The molecule has 3 aromatic carbocycles. The van der Waals surface area contributed by atoms with Gasteiger partial charge in [-0.3, -0.25) is 0 Å². The van der Waals surface area contributed by atoms with Crippen LogP contribution in [0.2, 0.25) is 0 Å². The van der Waals surface area contributed by atoms with E-state index in [4.69, 9.17) is 23.7 Å². The van der Waals surface area contributed by atoms with Gasteiger partial charge in [-0.05, 0) is 35.2 Å². The summed E-state index contributed by atoms with van der Waals surface area (Å²) in [7, 11) is 3.21. The second-order valence-electron chi connectivity index (χ2n) is 6.32. The number of methoxy groups -OCH3 is 2. The molecular weight excluding hydrogens is 348 g/mol. The van der Waals surface area contributed by atoms with E-state index in [1.165, 1.54) is 0 Å². The number of carbonyl (C=O) groups is 1. The van der Waals surface area contributed by atoms with Crippen LogP contribution in [0.15, 0.2) is 36.4 Å². The van der Waals surface area contributed by atoms with Gasteiger partial charge in [-0.1, -0.05) is 12.1 Å². The zero-order chi connectivity index (χ0) is 18.5. The third kappa shape index (κ3) is 2.23. The van der Waals surface area contributed by atoms with Gasteiger partial charge in [-0.15, -0.1) is 0 Å². The van der Waals surface area contributed by atoms with Crippen LogP contribution >= 0.6 is 0 Å². The molecule has 5 rings (SSSR count). The quantitative estimate of drug-likeness (QED) is 0.657. The first-order chi connectivity index (χ1) is 13.2. The van der Waals surface area contributed by atoms with Gasteiger partial charge < -0.3 is 23.7 Å². The number of carbonyl (C=O) groups excluding carboxylic acids is 1. The van der Waals surface area contributed by atoms with Gasteiger partial charge in [0.1, 0.15) is 6.61 Å². The minimum absolute atomic E-state index is 0.200. The largest absolute Gasteiger partial charge is 0.493 e. The molecule has 0 radical (unpaired) electrons. The molecule has 0 unspecified atom stereocenters. The molecule has 2 aliphatic rings. The average Bonchev–Trinajstić information content (AvgIpc) is 3.31. The van der Waals surface area contributed by atoms with Crippen LogP contribution in [0.25, 0.3) is 21.9 Å². The molecular formula is C21H16O6. The van der Waals surface area contributed by atoms with E-state index in [1.807, 2.05) is 36.4 Å². The van der Waals surface area contributed by atoms with Crippen LogP contribution in [0.4, 0.5) is 0 Å². The van der Waals surface area contributed by atoms with Gasteiger partial charge in [0.05, 0.1) is 19.8 Å². The van der Waals surface area contributed by atoms with Gasteiger partial charge >= 0.3 is 5.97 Å². The molecule has 0 bridgehead atoms. The summed E-state index contributed by atoms with van der Waals surface area (Å²) in [5, 5.41) is 1.74.